The van der Waals surface area contributed by atoms with Crippen LogP contribution in [-0.2, 0) is 17.1 Å². The van der Waals surface area contributed by atoms with E-state index in [4.69, 9.17) is 4.74 Å². The predicted octanol–water partition coefficient (Wildman–Crippen LogP) is 1.31. The molecule has 2 aromatic rings. The minimum absolute atomic E-state index is 0.298. The van der Waals surface area contributed by atoms with Crippen LogP contribution in [0.4, 0.5) is 0 Å². The normalized spacial score (nSPS) is 16.9. The summed E-state index contributed by atoms with van der Waals surface area (Å²) in [7, 11) is -1.75. The molecule has 3 heterocycles. The minimum Gasteiger partial charge on any atom is -0.463 e. The topological polar surface area (TPSA) is 90.2 Å². The van der Waals surface area contributed by atoms with E-state index in [1.54, 1.807) is 48.3 Å². The summed E-state index contributed by atoms with van der Waals surface area (Å²) in [5, 5.41) is 4.23. The number of hydrogen-bond acceptors (Lipinski definition) is 6. The van der Waals surface area contributed by atoms with Gasteiger partial charge in [-0.3, -0.25) is 4.68 Å². The van der Waals surface area contributed by atoms with Crippen LogP contribution in [0.3, 0.4) is 0 Å². The van der Waals surface area contributed by atoms with E-state index in [0.717, 1.165) is 12.8 Å². The molecule has 0 atom stereocenters. The lowest BCUT2D eigenvalue weighted by atomic mass is 9.99. The Balaban J connectivity index is 1.62. The van der Waals surface area contributed by atoms with E-state index in [9.17, 15) is 8.42 Å². The summed E-state index contributed by atoms with van der Waals surface area (Å²) in [6.07, 6.45) is 4.78. The predicted molar refractivity (Wildman–Crippen MR) is 91.7 cm³/mol. The van der Waals surface area contributed by atoms with E-state index < -0.39 is 10.0 Å². The summed E-state index contributed by atoms with van der Waals surface area (Å²) < 4.78 is 34.7. The molecule has 1 aliphatic rings. The molecule has 1 saturated heterocycles. The number of piperidine rings is 1. The Morgan fingerprint density at radius 3 is 2.40 bits per heavy atom. The zero-order valence-electron chi connectivity index (χ0n) is 14.7. The van der Waals surface area contributed by atoms with Crippen molar-refractivity contribution in [3.63, 3.8) is 0 Å². The van der Waals surface area contributed by atoms with Crippen LogP contribution in [0, 0.1) is 19.8 Å². The molecule has 0 spiro atoms. The number of rotatable bonds is 5. The zero-order chi connectivity index (χ0) is 18.0. The van der Waals surface area contributed by atoms with Crippen LogP contribution in [0.25, 0.3) is 0 Å². The molecular weight excluding hydrogens is 342 g/mol. The van der Waals surface area contributed by atoms with Gasteiger partial charge in [0.1, 0.15) is 4.90 Å². The van der Waals surface area contributed by atoms with Crippen molar-refractivity contribution in [2.45, 2.75) is 31.6 Å². The van der Waals surface area contributed by atoms with Crippen molar-refractivity contribution >= 4 is 10.0 Å². The van der Waals surface area contributed by atoms with Crippen molar-refractivity contribution in [3.8, 4) is 6.01 Å². The zero-order valence-corrected chi connectivity index (χ0v) is 15.5. The monoisotopic (exact) mass is 365 g/mol. The van der Waals surface area contributed by atoms with Gasteiger partial charge in [0.25, 0.3) is 0 Å². The lowest BCUT2D eigenvalue weighted by molar-refractivity contribution is 0.176. The van der Waals surface area contributed by atoms with Gasteiger partial charge in [-0.2, -0.15) is 9.40 Å². The molecule has 0 amide bonds. The molecule has 136 valence electrons. The summed E-state index contributed by atoms with van der Waals surface area (Å²) in [6, 6.07) is 2.10. The van der Waals surface area contributed by atoms with E-state index in [2.05, 4.69) is 15.1 Å². The van der Waals surface area contributed by atoms with Gasteiger partial charge in [0, 0.05) is 32.5 Å². The molecule has 0 N–H and O–H groups in total. The van der Waals surface area contributed by atoms with Crippen molar-refractivity contribution < 1.29 is 13.2 Å². The molecule has 1 fully saturated rings. The molecule has 25 heavy (non-hydrogen) atoms. The van der Waals surface area contributed by atoms with E-state index in [1.807, 2.05) is 0 Å². The number of nitrogens with zero attached hydrogens (tertiary/aromatic N) is 5. The molecule has 3 rings (SSSR count). The lowest BCUT2D eigenvalue weighted by Gasteiger charge is -2.30. The third-order valence-corrected chi connectivity index (χ3v) is 6.76. The van der Waals surface area contributed by atoms with Crippen molar-refractivity contribution in [1.29, 1.82) is 0 Å². The lowest BCUT2D eigenvalue weighted by Crippen LogP contribution is -2.40. The molecule has 8 nitrogen and oxygen atoms in total. The highest BCUT2D eigenvalue weighted by Crippen LogP contribution is 2.27. The third kappa shape index (κ3) is 3.67. The summed E-state index contributed by atoms with van der Waals surface area (Å²) in [5.41, 5.74) is 1.22. The maximum atomic E-state index is 12.9. The molecule has 9 heteroatoms. The first kappa shape index (κ1) is 17.8. The highest BCUT2D eigenvalue weighted by atomic mass is 32.2. The standard InChI is InChI=1S/C16H23N5O3S/c1-12-15(13(2)20(3)19-12)25(22,23)21-9-5-14(6-10-21)11-24-16-17-7-4-8-18-16/h4,7-8,14H,5-6,9-11H2,1-3H3. The molecule has 0 aliphatic carbocycles. The molecule has 0 aromatic carbocycles. The fraction of sp³-hybridized carbons (Fsp3) is 0.562. The molecule has 0 radical (unpaired) electrons. The Morgan fingerprint density at radius 2 is 1.84 bits per heavy atom. The maximum absolute atomic E-state index is 12.9. The van der Waals surface area contributed by atoms with Crippen molar-refractivity contribution in [2.24, 2.45) is 13.0 Å². The number of aromatic nitrogens is 4. The van der Waals surface area contributed by atoms with Gasteiger partial charge in [0.05, 0.1) is 18.0 Å². The number of ether oxygens (including phenoxy) is 1. The van der Waals surface area contributed by atoms with Crippen LogP contribution in [-0.4, -0.2) is 52.2 Å². The Hall–Kier alpha value is -2.00. The van der Waals surface area contributed by atoms with Crippen LogP contribution >= 0.6 is 0 Å². The van der Waals surface area contributed by atoms with E-state index in [0.29, 0.717) is 47.9 Å². The van der Waals surface area contributed by atoms with Gasteiger partial charge in [-0.25, -0.2) is 18.4 Å². The first-order valence-electron chi connectivity index (χ1n) is 8.29. The third-order valence-electron chi connectivity index (χ3n) is 4.60. The van der Waals surface area contributed by atoms with Crippen LogP contribution in [0.5, 0.6) is 6.01 Å². The Morgan fingerprint density at radius 1 is 1.20 bits per heavy atom. The summed E-state index contributed by atoms with van der Waals surface area (Å²) >= 11 is 0. The second-order valence-corrected chi connectivity index (χ2v) is 8.19. The van der Waals surface area contributed by atoms with Gasteiger partial charge in [-0.05, 0) is 38.7 Å². The van der Waals surface area contributed by atoms with Crippen molar-refractivity contribution in [1.82, 2.24) is 24.1 Å². The Labute approximate surface area is 147 Å². The first-order valence-corrected chi connectivity index (χ1v) is 9.73. The second-order valence-electron chi connectivity index (χ2n) is 6.31. The van der Waals surface area contributed by atoms with E-state index in [1.165, 1.54) is 0 Å². The average Bonchev–Trinajstić information content (AvgIpc) is 2.87. The van der Waals surface area contributed by atoms with Gasteiger partial charge in [0.2, 0.25) is 10.0 Å². The fourth-order valence-electron chi connectivity index (χ4n) is 3.13. The summed E-state index contributed by atoms with van der Waals surface area (Å²) in [4.78, 5) is 8.40. The number of hydrogen-bond donors (Lipinski definition) is 0. The molecule has 2 aromatic heterocycles. The SMILES string of the molecule is Cc1nn(C)c(C)c1S(=O)(=O)N1CCC(COc2ncccn2)CC1. The van der Waals surface area contributed by atoms with E-state index in [-0.39, 0.29) is 0 Å². The fourth-order valence-corrected chi connectivity index (χ4v) is 4.99. The minimum atomic E-state index is -3.51. The molecule has 1 aliphatic heterocycles. The smallest absolute Gasteiger partial charge is 0.316 e. The molecule has 0 saturated carbocycles. The van der Waals surface area contributed by atoms with Crippen molar-refractivity contribution in [2.75, 3.05) is 19.7 Å². The van der Waals surface area contributed by atoms with Crippen LogP contribution < -0.4 is 4.74 Å². The number of sulfonamides is 1. The quantitative estimate of drug-likeness (QED) is 0.793. The van der Waals surface area contributed by atoms with Crippen LogP contribution in [0.15, 0.2) is 23.4 Å². The average molecular weight is 365 g/mol. The van der Waals surface area contributed by atoms with Gasteiger partial charge in [0.15, 0.2) is 0 Å². The van der Waals surface area contributed by atoms with Crippen molar-refractivity contribution in [3.05, 3.63) is 29.8 Å². The molecule has 0 unspecified atom stereocenters. The molecular formula is C16H23N5O3S. The molecule has 0 bridgehead atoms. The van der Waals surface area contributed by atoms with Gasteiger partial charge >= 0.3 is 6.01 Å². The number of aryl methyl sites for hydroxylation is 2. The Bertz CT molecular complexity index is 827. The van der Waals surface area contributed by atoms with Crippen LogP contribution in [0.2, 0.25) is 0 Å². The summed E-state index contributed by atoms with van der Waals surface area (Å²) in [6.45, 7) is 5.00. The van der Waals surface area contributed by atoms with Gasteiger partial charge in [-0.15, -0.1) is 0 Å². The largest absolute Gasteiger partial charge is 0.463 e. The summed E-state index contributed by atoms with van der Waals surface area (Å²) in [5.74, 6) is 0.298. The highest BCUT2D eigenvalue weighted by Gasteiger charge is 2.33. The van der Waals surface area contributed by atoms with E-state index >= 15 is 0 Å². The maximum Gasteiger partial charge on any atom is 0.316 e. The van der Waals surface area contributed by atoms with Gasteiger partial charge in [-0.1, -0.05) is 0 Å². The highest BCUT2D eigenvalue weighted by molar-refractivity contribution is 7.89. The second kappa shape index (κ2) is 7.09. The van der Waals surface area contributed by atoms with Crippen LogP contribution in [0.1, 0.15) is 24.2 Å². The van der Waals surface area contributed by atoms with Gasteiger partial charge < -0.3 is 4.74 Å². The Kier molecular flexibility index (Phi) is 5.05. The first-order chi connectivity index (χ1) is 11.9.